The van der Waals surface area contributed by atoms with Gasteiger partial charge in [-0.3, -0.25) is 4.90 Å². The minimum absolute atomic E-state index is 0. The first kappa shape index (κ1) is 19.5. The molecule has 0 radical (unpaired) electrons. The molecule has 112 valence electrons. The number of phenolic OH excluding ortho intramolecular Hbond substituents is 1. The fourth-order valence-electron chi connectivity index (χ4n) is 2.27. The van der Waals surface area contributed by atoms with Gasteiger partial charge in [-0.1, -0.05) is 0 Å². The summed E-state index contributed by atoms with van der Waals surface area (Å²) < 4.78 is 0.582. The lowest BCUT2D eigenvalue weighted by Gasteiger charge is -2.33. The summed E-state index contributed by atoms with van der Waals surface area (Å²) >= 11 is 3.30. The summed E-state index contributed by atoms with van der Waals surface area (Å²) in [5.41, 5.74) is 1.37. The highest BCUT2D eigenvalue weighted by atomic mass is 79.9. The second-order valence-electron chi connectivity index (χ2n) is 4.47. The average Bonchev–Trinajstić information content (AvgIpc) is 2.42. The van der Waals surface area contributed by atoms with E-state index in [0.717, 1.165) is 31.7 Å². The van der Waals surface area contributed by atoms with Crippen molar-refractivity contribution in [1.29, 1.82) is 5.26 Å². The first-order valence-corrected chi connectivity index (χ1v) is 6.80. The summed E-state index contributed by atoms with van der Waals surface area (Å²) in [5, 5.41) is 22.4. The molecule has 2 rings (SSSR count). The van der Waals surface area contributed by atoms with Crippen LogP contribution in [0, 0.1) is 11.3 Å². The first-order chi connectivity index (χ1) is 8.63. The van der Waals surface area contributed by atoms with E-state index >= 15 is 0 Å². The predicted octanol–water partition coefficient (Wildman–Crippen LogP) is 2.84. The second kappa shape index (κ2) is 8.71. The molecular weight excluding hydrogens is 365 g/mol. The van der Waals surface area contributed by atoms with Crippen molar-refractivity contribution in [3.8, 4) is 11.8 Å². The lowest BCUT2D eigenvalue weighted by atomic mass is 10.0. The quantitative estimate of drug-likeness (QED) is 0.825. The molecule has 0 spiro atoms. The van der Waals surface area contributed by atoms with Gasteiger partial charge in [0, 0.05) is 37.8 Å². The Labute approximate surface area is 140 Å². The number of halogens is 3. The van der Waals surface area contributed by atoms with Crippen molar-refractivity contribution < 1.29 is 5.11 Å². The molecule has 0 aliphatic carbocycles. The molecule has 0 unspecified atom stereocenters. The van der Waals surface area contributed by atoms with Crippen LogP contribution in [0.15, 0.2) is 16.6 Å². The van der Waals surface area contributed by atoms with E-state index in [0.29, 0.717) is 10.0 Å². The van der Waals surface area contributed by atoms with Gasteiger partial charge in [0.1, 0.15) is 5.75 Å². The summed E-state index contributed by atoms with van der Waals surface area (Å²) in [6, 6.07) is 5.64. The number of piperazine rings is 1. The molecule has 20 heavy (non-hydrogen) atoms. The normalized spacial score (nSPS) is 16.4. The van der Waals surface area contributed by atoms with E-state index in [1.165, 1.54) is 0 Å². The van der Waals surface area contributed by atoms with Crippen LogP contribution in [0.25, 0.3) is 0 Å². The Hall–Kier alpha value is -0.510. The smallest absolute Gasteiger partial charge is 0.134 e. The summed E-state index contributed by atoms with van der Waals surface area (Å²) in [6.45, 7) is 5.90. The molecule has 0 aromatic heterocycles. The Morgan fingerprint density at radius 2 is 1.95 bits per heavy atom. The number of hydrogen-bond acceptors (Lipinski definition) is 4. The molecule has 0 saturated carbocycles. The molecule has 4 nitrogen and oxygen atoms in total. The van der Waals surface area contributed by atoms with Crippen molar-refractivity contribution in [3.05, 3.63) is 27.7 Å². The van der Waals surface area contributed by atoms with Crippen molar-refractivity contribution in [2.75, 3.05) is 26.2 Å². The number of aromatic hydroxyl groups is 1. The van der Waals surface area contributed by atoms with Gasteiger partial charge in [0.05, 0.1) is 16.1 Å². The molecule has 1 atom stereocenters. The molecule has 0 amide bonds. The number of nitriles is 1. The Morgan fingerprint density at radius 3 is 2.50 bits per heavy atom. The number of benzene rings is 1. The maximum Gasteiger partial charge on any atom is 0.134 e. The minimum Gasteiger partial charge on any atom is -0.506 e. The van der Waals surface area contributed by atoms with Crippen molar-refractivity contribution >= 4 is 40.7 Å². The Morgan fingerprint density at radius 1 is 1.35 bits per heavy atom. The standard InChI is InChI=1S/C13H16BrN3O.2ClH/c1-9(17-4-2-16-3-5-17)11-6-10(8-15)7-12(14)13(11)18;;/h6-7,9,16,18H,2-5H2,1H3;2*1H/t9-;;/m0../s1. The summed E-state index contributed by atoms with van der Waals surface area (Å²) in [6.07, 6.45) is 0. The van der Waals surface area contributed by atoms with E-state index in [2.05, 4.69) is 39.1 Å². The molecule has 1 fully saturated rings. The molecule has 2 N–H and O–H groups in total. The largest absolute Gasteiger partial charge is 0.506 e. The van der Waals surface area contributed by atoms with Crippen LogP contribution in [0.4, 0.5) is 0 Å². The van der Waals surface area contributed by atoms with Gasteiger partial charge in [0.25, 0.3) is 0 Å². The number of phenols is 1. The molecule has 0 bridgehead atoms. The van der Waals surface area contributed by atoms with Crippen LogP contribution in [0.5, 0.6) is 5.75 Å². The van der Waals surface area contributed by atoms with Crippen LogP contribution in [-0.4, -0.2) is 36.2 Å². The van der Waals surface area contributed by atoms with Crippen LogP contribution in [0.2, 0.25) is 0 Å². The predicted molar refractivity (Wildman–Crippen MR) is 87.9 cm³/mol. The van der Waals surface area contributed by atoms with Crippen molar-refractivity contribution in [2.24, 2.45) is 0 Å². The van der Waals surface area contributed by atoms with Crippen LogP contribution in [0.1, 0.15) is 24.1 Å². The van der Waals surface area contributed by atoms with Gasteiger partial charge in [-0.15, -0.1) is 24.8 Å². The zero-order valence-electron chi connectivity index (χ0n) is 11.1. The number of hydrogen-bond donors (Lipinski definition) is 2. The van der Waals surface area contributed by atoms with E-state index in [4.69, 9.17) is 5.26 Å². The fourth-order valence-corrected chi connectivity index (χ4v) is 2.75. The lowest BCUT2D eigenvalue weighted by Crippen LogP contribution is -2.44. The molecule has 1 aromatic rings. The molecule has 1 heterocycles. The number of rotatable bonds is 2. The summed E-state index contributed by atoms with van der Waals surface area (Å²) in [4.78, 5) is 2.30. The van der Waals surface area contributed by atoms with Gasteiger partial charge >= 0.3 is 0 Å². The van der Waals surface area contributed by atoms with E-state index in [9.17, 15) is 5.11 Å². The van der Waals surface area contributed by atoms with Crippen molar-refractivity contribution in [2.45, 2.75) is 13.0 Å². The van der Waals surface area contributed by atoms with Gasteiger partial charge in [0.15, 0.2) is 0 Å². The van der Waals surface area contributed by atoms with Crippen molar-refractivity contribution in [3.63, 3.8) is 0 Å². The Balaban J connectivity index is 0.00000180. The Kier molecular flexibility index (Phi) is 8.48. The van der Waals surface area contributed by atoms with Gasteiger partial charge in [-0.05, 0) is 35.0 Å². The van der Waals surface area contributed by atoms with Crippen LogP contribution >= 0.6 is 40.7 Å². The molecule has 7 heteroatoms. The highest BCUT2D eigenvalue weighted by Gasteiger charge is 2.22. The first-order valence-electron chi connectivity index (χ1n) is 6.00. The maximum absolute atomic E-state index is 10.1. The highest BCUT2D eigenvalue weighted by molar-refractivity contribution is 9.10. The van der Waals surface area contributed by atoms with Crippen molar-refractivity contribution in [1.82, 2.24) is 10.2 Å². The SMILES string of the molecule is C[C@@H](c1cc(C#N)cc(Br)c1O)N1CCNCC1.Cl.Cl. The third-order valence-corrected chi connectivity index (χ3v) is 3.98. The lowest BCUT2D eigenvalue weighted by molar-refractivity contribution is 0.183. The minimum atomic E-state index is 0. The third-order valence-electron chi connectivity index (χ3n) is 3.37. The van der Waals surface area contributed by atoms with Gasteiger partial charge in [0.2, 0.25) is 0 Å². The monoisotopic (exact) mass is 381 g/mol. The van der Waals surface area contributed by atoms with Crippen LogP contribution in [-0.2, 0) is 0 Å². The topological polar surface area (TPSA) is 59.3 Å². The van der Waals surface area contributed by atoms with Crippen LogP contribution in [0.3, 0.4) is 0 Å². The van der Waals surface area contributed by atoms with Gasteiger partial charge in [-0.2, -0.15) is 5.26 Å². The summed E-state index contributed by atoms with van der Waals surface area (Å²) in [5.74, 6) is 0.236. The third kappa shape index (κ3) is 4.24. The second-order valence-corrected chi connectivity index (χ2v) is 5.32. The molecular formula is C13H18BrCl2N3O. The molecule has 1 aromatic carbocycles. The van der Waals surface area contributed by atoms with E-state index in [1.54, 1.807) is 12.1 Å². The van der Waals surface area contributed by atoms with Gasteiger partial charge < -0.3 is 10.4 Å². The maximum atomic E-state index is 10.1. The zero-order valence-corrected chi connectivity index (χ0v) is 14.3. The number of nitrogens with one attached hydrogen (secondary N) is 1. The highest BCUT2D eigenvalue weighted by Crippen LogP contribution is 2.35. The fraction of sp³-hybridized carbons (Fsp3) is 0.462. The van der Waals surface area contributed by atoms with Gasteiger partial charge in [-0.25, -0.2) is 0 Å². The molecule has 1 saturated heterocycles. The summed E-state index contributed by atoms with van der Waals surface area (Å²) in [7, 11) is 0. The molecule has 1 aliphatic rings. The number of nitrogens with zero attached hydrogens (tertiary/aromatic N) is 2. The van der Waals surface area contributed by atoms with E-state index in [1.807, 2.05) is 0 Å². The van der Waals surface area contributed by atoms with E-state index < -0.39 is 0 Å². The molecule has 1 aliphatic heterocycles. The van der Waals surface area contributed by atoms with E-state index in [-0.39, 0.29) is 36.6 Å². The average molecular weight is 383 g/mol. The van der Waals surface area contributed by atoms with Crippen LogP contribution < -0.4 is 5.32 Å². The zero-order chi connectivity index (χ0) is 13.1. The Bertz CT molecular complexity index is 487.